The highest BCUT2D eigenvalue weighted by Gasteiger charge is 2.59. The Labute approximate surface area is 172 Å². The van der Waals surface area contributed by atoms with Gasteiger partial charge in [-0.2, -0.15) is 4.31 Å². The minimum Gasteiger partial charge on any atom is -0.368 e. The Bertz CT molecular complexity index is 906. The van der Waals surface area contributed by atoms with Crippen LogP contribution in [0.4, 0.5) is 0 Å². The van der Waals surface area contributed by atoms with E-state index in [4.69, 9.17) is 10.5 Å². The van der Waals surface area contributed by atoms with E-state index in [1.54, 1.807) is 29.2 Å². The number of hydrogen-bond donors (Lipinski definition) is 1. The molecule has 4 rings (SSSR count). The van der Waals surface area contributed by atoms with Crippen LogP contribution < -0.4 is 5.73 Å². The van der Waals surface area contributed by atoms with Gasteiger partial charge in [-0.05, 0) is 49.9 Å². The van der Waals surface area contributed by atoms with Crippen molar-refractivity contribution in [2.75, 3.05) is 26.2 Å². The van der Waals surface area contributed by atoms with Crippen LogP contribution in [0.2, 0.25) is 0 Å². The molecular formula is C18H22BrN3O5S. The maximum atomic E-state index is 12.9. The SMILES string of the molecule is NC(=O)C1(N2CC3(CCN(S(=O)(=O)c4ccc(Br)cc4)CC3)OCC2=O)CC1. The van der Waals surface area contributed by atoms with Gasteiger partial charge in [0.05, 0.1) is 17.0 Å². The number of piperidine rings is 1. The van der Waals surface area contributed by atoms with Crippen molar-refractivity contribution in [2.24, 2.45) is 5.73 Å². The van der Waals surface area contributed by atoms with Gasteiger partial charge < -0.3 is 15.4 Å². The van der Waals surface area contributed by atoms with Crippen LogP contribution in [-0.4, -0.2) is 66.8 Å². The summed E-state index contributed by atoms with van der Waals surface area (Å²) in [6.07, 6.45) is 2.07. The Morgan fingerprint density at radius 3 is 2.25 bits per heavy atom. The molecule has 10 heteroatoms. The second-order valence-electron chi connectivity index (χ2n) is 7.71. The van der Waals surface area contributed by atoms with Crippen molar-refractivity contribution in [3.05, 3.63) is 28.7 Å². The normalized spacial score (nSPS) is 24.3. The Hall–Kier alpha value is -1.49. The zero-order valence-electron chi connectivity index (χ0n) is 15.3. The van der Waals surface area contributed by atoms with E-state index < -0.39 is 27.1 Å². The summed E-state index contributed by atoms with van der Waals surface area (Å²) in [6.45, 7) is 0.767. The number of morpholine rings is 1. The van der Waals surface area contributed by atoms with E-state index in [0.717, 1.165) is 4.47 Å². The topological polar surface area (TPSA) is 110 Å². The zero-order valence-corrected chi connectivity index (χ0v) is 17.7. The number of rotatable bonds is 4. The highest BCUT2D eigenvalue weighted by Crippen LogP contribution is 2.45. The molecule has 1 saturated carbocycles. The number of primary amides is 1. The number of nitrogens with two attached hydrogens (primary N) is 1. The number of hydrogen-bond acceptors (Lipinski definition) is 5. The molecule has 2 saturated heterocycles. The molecule has 0 radical (unpaired) electrons. The lowest BCUT2D eigenvalue weighted by molar-refractivity contribution is -0.177. The molecule has 152 valence electrons. The molecule has 1 spiro atoms. The first-order valence-electron chi connectivity index (χ1n) is 9.19. The quantitative estimate of drug-likeness (QED) is 0.699. The summed E-state index contributed by atoms with van der Waals surface area (Å²) >= 11 is 3.31. The summed E-state index contributed by atoms with van der Waals surface area (Å²) in [7, 11) is -3.59. The molecule has 0 atom stereocenters. The number of nitrogens with zero attached hydrogens (tertiary/aromatic N) is 2. The van der Waals surface area contributed by atoms with Crippen LogP contribution in [0.5, 0.6) is 0 Å². The van der Waals surface area contributed by atoms with Crippen molar-refractivity contribution < 1.29 is 22.7 Å². The first kappa shape index (κ1) is 19.8. The lowest BCUT2D eigenvalue weighted by Gasteiger charge is -2.48. The first-order chi connectivity index (χ1) is 13.2. The smallest absolute Gasteiger partial charge is 0.249 e. The van der Waals surface area contributed by atoms with Crippen molar-refractivity contribution >= 4 is 37.8 Å². The summed E-state index contributed by atoms with van der Waals surface area (Å²) in [5.74, 6) is -0.708. The summed E-state index contributed by atoms with van der Waals surface area (Å²) in [5, 5.41) is 0. The fourth-order valence-corrected chi connectivity index (χ4v) is 5.77. The molecule has 0 aromatic heterocycles. The van der Waals surface area contributed by atoms with E-state index in [9.17, 15) is 18.0 Å². The van der Waals surface area contributed by atoms with Gasteiger partial charge >= 0.3 is 0 Å². The van der Waals surface area contributed by atoms with E-state index in [2.05, 4.69) is 15.9 Å². The molecule has 1 aliphatic carbocycles. The fourth-order valence-electron chi connectivity index (χ4n) is 4.06. The summed E-state index contributed by atoms with van der Waals surface area (Å²) in [4.78, 5) is 26.0. The molecule has 0 unspecified atom stereocenters. The second-order valence-corrected chi connectivity index (χ2v) is 10.6. The van der Waals surface area contributed by atoms with Gasteiger partial charge in [-0.15, -0.1) is 0 Å². The van der Waals surface area contributed by atoms with Crippen LogP contribution in [0.25, 0.3) is 0 Å². The molecule has 2 N–H and O–H groups in total. The highest BCUT2D eigenvalue weighted by molar-refractivity contribution is 9.10. The average molecular weight is 472 g/mol. The molecule has 1 aromatic carbocycles. The van der Waals surface area contributed by atoms with Gasteiger partial charge in [0.15, 0.2) is 0 Å². The maximum absolute atomic E-state index is 12.9. The van der Waals surface area contributed by atoms with Crippen LogP contribution in [-0.2, 0) is 24.3 Å². The number of ether oxygens (including phenoxy) is 1. The Morgan fingerprint density at radius 1 is 1.11 bits per heavy atom. The third kappa shape index (κ3) is 3.26. The second kappa shape index (κ2) is 6.79. The lowest BCUT2D eigenvalue weighted by Crippen LogP contribution is -2.64. The Morgan fingerprint density at radius 2 is 1.71 bits per heavy atom. The molecule has 3 aliphatic rings. The van der Waals surface area contributed by atoms with Crippen LogP contribution in [0.1, 0.15) is 25.7 Å². The number of carbonyl (C=O) groups excluding carboxylic acids is 2. The minimum absolute atomic E-state index is 0.103. The van der Waals surface area contributed by atoms with Gasteiger partial charge in [0.25, 0.3) is 0 Å². The van der Waals surface area contributed by atoms with Crippen LogP contribution in [0.15, 0.2) is 33.6 Å². The standard InChI is InChI=1S/C18H22BrN3O5S/c19-13-1-3-14(4-2-13)28(25,26)21-9-7-17(8-10-21)12-22(15(23)11-27-17)18(5-6-18)16(20)24/h1-4H,5-12H2,(H2,20,24). The molecule has 3 fully saturated rings. The Kier molecular flexibility index (Phi) is 4.80. The zero-order chi connectivity index (χ0) is 20.2. The summed E-state index contributed by atoms with van der Waals surface area (Å²) in [6, 6.07) is 6.55. The van der Waals surface area contributed by atoms with Crippen LogP contribution in [0.3, 0.4) is 0 Å². The van der Waals surface area contributed by atoms with E-state index >= 15 is 0 Å². The number of halogens is 1. The van der Waals surface area contributed by atoms with Crippen molar-refractivity contribution in [2.45, 2.75) is 41.7 Å². The van der Waals surface area contributed by atoms with Crippen LogP contribution >= 0.6 is 15.9 Å². The van der Waals surface area contributed by atoms with Gasteiger partial charge in [-0.3, -0.25) is 9.59 Å². The van der Waals surface area contributed by atoms with Crippen molar-refractivity contribution in [1.29, 1.82) is 0 Å². The lowest BCUT2D eigenvalue weighted by atomic mass is 9.89. The summed E-state index contributed by atoms with van der Waals surface area (Å²) < 4.78 is 33.9. The third-order valence-corrected chi connectivity index (χ3v) is 8.47. The molecule has 1 aromatic rings. The molecule has 8 nitrogen and oxygen atoms in total. The van der Waals surface area contributed by atoms with Gasteiger partial charge in [-0.1, -0.05) is 15.9 Å². The van der Waals surface area contributed by atoms with E-state index in [0.29, 0.717) is 38.8 Å². The molecule has 2 heterocycles. The van der Waals surface area contributed by atoms with Crippen molar-refractivity contribution in [3.8, 4) is 0 Å². The monoisotopic (exact) mass is 471 g/mol. The van der Waals surface area contributed by atoms with E-state index in [-0.39, 0.29) is 24.0 Å². The first-order valence-corrected chi connectivity index (χ1v) is 11.4. The predicted octanol–water partition coefficient (Wildman–Crippen LogP) is 0.849. The average Bonchev–Trinajstić information content (AvgIpc) is 3.47. The van der Waals surface area contributed by atoms with Gasteiger partial charge in [0.1, 0.15) is 12.1 Å². The maximum Gasteiger partial charge on any atom is 0.249 e. The van der Waals surface area contributed by atoms with Gasteiger partial charge in [0.2, 0.25) is 21.8 Å². The molecule has 0 bridgehead atoms. The van der Waals surface area contributed by atoms with Gasteiger partial charge in [0, 0.05) is 17.6 Å². The molecule has 28 heavy (non-hydrogen) atoms. The fraction of sp³-hybridized carbons (Fsp3) is 0.556. The third-order valence-electron chi connectivity index (χ3n) is 6.03. The van der Waals surface area contributed by atoms with Crippen LogP contribution in [0, 0.1) is 0 Å². The predicted molar refractivity (Wildman–Crippen MR) is 104 cm³/mol. The van der Waals surface area contributed by atoms with Crippen molar-refractivity contribution in [3.63, 3.8) is 0 Å². The van der Waals surface area contributed by atoms with E-state index in [1.165, 1.54) is 4.31 Å². The minimum atomic E-state index is -3.59. The van der Waals surface area contributed by atoms with Crippen molar-refractivity contribution in [1.82, 2.24) is 9.21 Å². The largest absolute Gasteiger partial charge is 0.368 e. The number of benzene rings is 1. The molecular weight excluding hydrogens is 450 g/mol. The van der Waals surface area contributed by atoms with Gasteiger partial charge in [-0.25, -0.2) is 8.42 Å². The molecule has 2 aliphatic heterocycles. The van der Waals surface area contributed by atoms with E-state index in [1.807, 2.05) is 0 Å². The Balaban J connectivity index is 1.48. The highest BCUT2D eigenvalue weighted by atomic mass is 79.9. The molecule has 2 amide bonds. The number of carbonyl (C=O) groups is 2. The number of amides is 2. The number of sulfonamides is 1. The summed E-state index contributed by atoms with van der Waals surface area (Å²) in [5.41, 5.74) is 4.02.